The quantitative estimate of drug-likeness (QED) is 0.892. The van der Waals surface area contributed by atoms with E-state index in [0.29, 0.717) is 5.69 Å². The molecule has 20 heavy (non-hydrogen) atoms. The van der Waals surface area contributed by atoms with Crippen LogP contribution in [0.4, 0.5) is 5.82 Å². The fourth-order valence-corrected chi connectivity index (χ4v) is 2.37. The third kappa shape index (κ3) is 3.45. The van der Waals surface area contributed by atoms with Gasteiger partial charge in [0.15, 0.2) is 0 Å². The second-order valence-electron chi connectivity index (χ2n) is 5.32. The van der Waals surface area contributed by atoms with E-state index in [0.717, 1.165) is 38.4 Å². The molecule has 1 aromatic heterocycles. The lowest BCUT2D eigenvalue weighted by Crippen LogP contribution is -2.52. The first-order valence-corrected chi connectivity index (χ1v) is 7.17. The Labute approximate surface area is 120 Å². The summed E-state index contributed by atoms with van der Waals surface area (Å²) in [5.74, 6) is 0.690. The molecule has 110 valence electrons. The molecular formula is C14H23N5O. The van der Waals surface area contributed by atoms with Crippen molar-refractivity contribution in [1.29, 1.82) is 0 Å². The van der Waals surface area contributed by atoms with Gasteiger partial charge in [-0.3, -0.25) is 4.79 Å². The highest BCUT2D eigenvalue weighted by atomic mass is 16.2. The van der Waals surface area contributed by atoms with Crippen molar-refractivity contribution in [3.8, 4) is 0 Å². The molecule has 1 saturated heterocycles. The Morgan fingerprint density at radius 2 is 2.20 bits per heavy atom. The lowest BCUT2D eigenvalue weighted by Gasteiger charge is -2.37. The van der Waals surface area contributed by atoms with E-state index in [1.165, 1.54) is 0 Å². The van der Waals surface area contributed by atoms with E-state index in [1.54, 1.807) is 12.4 Å². The fraction of sp³-hybridized carbons (Fsp3) is 0.643. The largest absolute Gasteiger partial charge is 0.369 e. The Balaban J connectivity index is 2.01. The van der Waals surface area contributed by atoms with Crippen LogP contribution in [0, 0.1) is 0 Å². The summed E-state index contributed by atoms with van der Waals surface area (Å²) in [5, 5.41) is 3.15. The molecule has 6 heteroatoms. The van der Waals surface area contributed by atoms with Gasteiger partial charge in [-0.1, -0.05) is 6.92 Å². The topological polar surface area (TPSA) is 61.4 Å². The summed E-state index contributed by atoms with van der Waals surface area (Å²) >= 11 is 0. The molecule has 1 unspecified atom stereocenters. The minimum Gasteiger partial charge on any atom is -0.369 e. The van der Waals surface area contributed by atoms with Gasteiger partial charge in [0, 0.05) is 32.2 Å². The third-order valence-corrected chi connectivity index (χ3v) is 3.52. The van der Waals surface area contributed by atoms with E-state index in [2.05, 4.69) is 41.1 Å². The lowest BCUT2D eigenvalue weighted by atomic mass is 10.2. The van der Waals surface area contributed by atoms with Crippen molar-refractivity contribution in [3.63, 3.8) is 0 Å². The van der Waals surface area contributed by atoms with Crippen molar-refractivity contribution < 1.29 is 4.79 Å². The van der Waals surface area contributed by atoms with E-state index in [1.807, 2.05) is 4.90 Å². The Morgan fingerprint density at radius 3 is 2.80 bits per heavy atom. The highest BCUT2D eigenvalue weighted by molar-refractivity contribution is 5.92. The molecule has 1 fully saturated rings. The van der Waals surface area contributed by atoms with Gasteiger partial charge in [0.1, 0.15) is 11.5 Å². The van der Waals surface area contributed by atoms with E-state index < -0.39 is 0 Å². The van der Waals surface area contributed by atoms with Crippen LogP contribution in [-0.4, -0.2) is 64.9 Å². The van der Waals surface area contributed by atoms with Gasteiger partial charge in [-0.05, 0) is 20.4 Å². The van der Waals surface area contributed by atoms with E-state index in [9.17, 15) is 4.79 Å². The highest BCUT2D eigenvalue weighted by Gasteiger charge is 2.27. The van der Waals surface area contributed by atoms with Crippen molar-refractivity contribution in [3.05, 3.63) is 18.1 Å². The monoisotopic (exact) mass is 277 g/mol. The molecule has 6 nitrogen and oxygen atoms in total. The third-order valence-electron chi connectivity index (χ3n) is 3.52. The number of piperazine rings is 1. The van der Waals surface area contributed by atoms with Crippen LogP contribution in [0.5, 0.6) is 0 Å². The summed E-state index contributed by atoms with van der Waals surface area (Å²) in [5.41, 5.74) is 0.420. The predicted octanol–water partition coefficient (Wildman–Crippen LogP) is 1.07. The first-order valence-electron chi connectivity index (χ1n) is 7.17. The van der Waals surface area contributed by atoms with Gasteiger partial charge in [-0.15, -0.1) is 0 Å². The van der Waals surface area contributed by atoms with Crippen LogP contribution in [0.15, 0.2) is 12.4 Å². The molecular weight excluding hydrogens is 254 g/mol. The number of hydrogen-bond donors (Lipinski definition) is 1. The number of nitrogens with one attached hydrogen (secondary N) is 1. The van der Waals surface area contributed by atoms with E-state index in [4.69, 9.17) is 0 Å². The molecule has 0 spiro atoms. The van der Waals surface area contributed by atoms with Crippen molar-refractivity contribution in [1.82, 2.24) is 19.8 Å². The maximum atomic E-state index is 12.4. The van der Waals surface area contributed by atoms with Crippen LogP contribution in [0.3, 0.4) is 0 Å². The van der Waals surface area contributed by atoms with Gasteiger partial charge < -0.3 is 15.1 Å². The van der Waals surface area contributed by atoms with Gasteiger partial charge in [0.25, 0.3) is 5.91 Å². The first-order chi connectivity index (χ1) is 9.61. The zero-order valence-corrected chi connectivity index (χ0v) is 12.5. The summed E-state index contributed by atoms with van der Waals surface area (Å²) in [7, 11) is 2.08. The molecule has 2 rings (SSSR count). The van der Waals surface area contributed by atoms with Crippen molar-refractivity contribution in [2.45, 2.75) is 26.3 Å². The normalized spacial score (nSPS) is 19.9. The summed E-state index contributed by atoms with van der Waals surface area (Å²) in [6, 6.07) is 0.209. The summed E-state index contributed by atoms with van der Waals surface area (Å²) < 4.78 is 0. The van der Waals surface area contributed by atoms with Crippen molar-refractivity contribution in [2.24, 2.45) is 0 Å². The number of anilines is 1. The molecule has 1 aliphatic rings. The average Bonchev–Trinajstić information content (AvgIpc) is 2.45. The molecule has 1 atom stereocenters. The number of carbonyl (C=O) groups excluding carboxylic acids is 1. The highest BCUT2D eigenvalue weighted by Crippen LogP contribution is 2.12. The number of rotatable bonds is 4. The summed E-state index contributed by atoms with van der Waals surface area (Å²) in [6.45, 7) is 7.56. The number of aromatic nitrogens is 2. The maximum absolute atomic E-state index is 12.4. The fourth-order valence-electron chi connectivity index (χ4n) is 2.37. The minimum atomic E-state index is -0.0276. The maximum Gasteiger partial charge on any atom is 0.274 e. The number of carbonyl (C=O) groups is 1. The molecule has 0 aromatic carbocycles. The molecule has 1 N–H and O–H groups in total. The van der Waals surface area contributed by atoms with Crippen LogP contribution in [0.1, 0.15) is 30.8 Å². The number of hydrogen-bond acceptors (Lipinski definition) is 5. The second-order valence-corrected chi connectivity index (χ2v) is 5.32. The van der Waals surface area contributed by atoms with Crippen molar-refractivity contribution >= 4 is 11.7 Å². The van der Waals surface area contributed by atoms with E-state index >= 15 is 0 Å². The zero-order chi connectivity index (χ0) is 14.5. The number of nitrogens with zero attached hydrogens (tertiary/aromatic N) is 4. The number of amides is 1. The van der Waals surface area contributed by atoms with Crippen molar-refractivity contribution in [2.75, 3.05) is 38.5 Å². The second kappa shape index (κ2) is 6.65. The molecule has 2 heterocycles. The van der Waals surface area contributed by atoms with E-state index in [-0.39, 0.29) is 11.9 Å². The zero-order valence-electron chi connectivity index (χ0n) is 12.5. The first kappa shape index (κ1) is 14.7. The molecule has 0 aliphatic carbocycles. The molecule has 1 aliphatic heterocycles. The Morgan fingerprint density at radius 1 is 1.40 bits per heavy atom. The van der Waals surface area contributed by atoms with Crippen LogP contribution in [-0.2, 0) is 0 Å². The van der Waals surface area contributed by atoms with Crippen LogP contribution < -0.4 is 5.32 Å². The van der Waals surface area contributed by atoms with Crippen LogP contribution in [0.25, 0.3) is 0 Å². The van der Waals surface area contributed by atoms with Gasteiger partial charge >= 0.3 is 0 Å². The number of likely N-dealkylation sites (N-methyl/N-ethyl adjacent to an activating group) is 1. The molecule has 0 bridgehead atoms. The minimum absolute atomic E-state index is 0.0276. The lowest BCUT2D eigenvalue weighted by molar-refractivity contribution is 0.0527. The average molecular weight is 277 g/mol. The van der Waals surface area contributed by atoms with Crippen LogP contribution in [0.2, 0.25) is 0 Å². The van der Waals surface area contributed by atoms with Crippen LogP contribution >= 0.6 is 0 Å². The van der Waals surface area contributed by atoms with Gasteiger partial charge in [-0.2, -0.15) is 0 Å². The molecule has 0 radical (unpaired) electrons. The predicted molar refractivity (Wildman–Crippen MR) is 78.8 cm³/mol. The van der Waals surface area contributed by atoms with Gasteiger partial charge in [0.2, 0.25) is 0 Å². The van der Waals surface area contributed by atoms with Gasteiger partial charge in [-0.25, -0.2) is 9.97 Å². The Kier molecular flexibility index (Phi) is 4.89. The standard InChI is InChI=1S/C14H23N5O/c1-4-5-15-13-9-16-12(8-17-13)14(20)19-7-6-18(3)10-11(19)2/h8-9,11H,4-7,10H2,1-3H3,(H,15,17). The van der Waals surface area contributed by atoms with Gasteiger partial charge in [0.05, 0.1) is 12.4 Å². The Hall–Kier alpha value is -1.69. The molecule has 0 saturated carbocycles. The molecule has 1 aromatic rings. The SMILES string of the molecule is CCCNc1cnc(C(=O)N2CCN(C)CC2C)cn1. The molecule has 1 amide bonds. The summed E-state index contributed by atoms with van der Waals surface area (Å²) in [6.07, 6.45) is 4.22. The smallest absolute Gasteiger partial charge is 0.274 e. The Bertz CT molecular complexity index is 447. The summed E-state index contributed by atoms with van der Waals surface area (Å²) in [4.78, 5) is 25.0.